The molecule has 0 atom stereocenters. The molecule has 1 fully saturated rings. The number of nitrogens with one attached hydrogen (secondary N) is 1. The summed E-state index contributed by atoms with van der Waals surface area (Å²) in [6.07, 6.45) is 3.85. The van der Waals surface area contributed by atoms with Gasteiger partial charge in [-0.2, -0.15) is 4.37 Å². The first-order valence-electron chi connectivity index (χ1n) is 6.39. The van der Waals surface area contributed by atoms with Crippen LogP contribution < -0.4 is 5.32 Å². The third-order valence-electron chi connectivity index (χ3n) is 3.72. The van der Waals surface area contributed by atoms with Crippen LogP contribution >= 0.6 is 11.5 Å². The Morgan fingerprint density at radius 3 is 3.00 bits per heavy atom. The molecule has 1 aromatic heterocycles. The third kappa shape index (κ3) is 2.22. The number of piperidine rings is 1. The van der Waals surface area contributed by atoms with Crippen LogP contribution in [0.1, 0.15) is 24.1 Å². The highest BCUT2D eigenvalue weighted by Crippen LogP contribution is 2.29. The fraction of sp³-hybridized carbons (Fsp3) is 0.500. The van der Waals surface area contributed by atoms with Crippen LogP contribution in [0.5, 0.6) is 0 Å². The van der Waals surface area contributed by atoms with Gasteiger partial charge in [0, 0.05) is 5.39 Å². The summed E-state index contributed by atoms with van der Waals surface area (Å²) in [5, 5.41) is 4.85. The van der Waals surface area contributed by atoms with Crippen LogP contribution in [-0.4, -0.2) is 17.5 Å². The van der Waals surface area contributed by atoms with Gasteiger partial charge in [-0.3, -0.25) is 0 Å². The first-order chi connectivity index (χ1) is 8.34. The zero-order valence-corrected chi connectivity index (χ0v) is 11.0. The van der Waals surface area contributed by atoms with Crippen molar-refractivity contribution in [2.24, 2.45) is 5.92 Å². The van der Waals surface area contributed by atoms with Crippen molar-refractivity contribution < 1.29 is 0 Å². The molecule has 17 heavy (non-hydrogen) atoms. The van der Waals surface area contributed by atoms with Crippen LogP contribution in [0.15, 0.2) is 18.2 Å². The lowest BCUT2D eigenvalue weighted by Gasteiger charge is -2.22. The minimum Gasteiger partial charge on any atom is -0.317 e. The Morgan fingerprint density at radius 2 is 2.18 bits per heavy atom. The number of nitrogens with zero attached hydrogens (tertiary/aromatic N) is 1. The van der Waals surface area contributed by atoms with Gasteiger partial charge in [-0.15, -0.1) is 0 Å². The number of rotatable bonds is 2. The molecule has 1 N–H and O–H groups in total. The van der Waals surface area contributed by atoms with E-state index in [2.05, 4.69) is 34.8 Å². The number of hydrogen-bond donors (Lipinski definition) is 1. The topological polar surface area (TPSA) is 24.9 Å². The highest BCUT2D eigenvalue weighted by atomic mass is 32.1. The summed E-state index contributed by atoms with van der Waals surface area (Å²) in [4.78, 5) is 0. The minimum atomic E-state index is 0.848. The Morgan fingerprint density at radius 1 is 1.35 bits per heavy atom. The van der Waals surface area contributed by atoms with E-state index in [-0.39, 0.29) is 0 Å². The average Bonchev–Trinajstić information content (AvgIpc) is 2.74. The van der Waals surface area contributed by atoms with Gasteiger partial charge >= 0.3 is 0 Å². The number of aryl methyl sites for hydroxylation is 1. The first kappa shape index (κ1) is 11.2. The van der Waals surface area contributed by atoms with Crippen LogP contribution in [0.3, 0.4) is 0 Å². The van der Waals surface area contributed by atoms with E-state index in [9.17, 15) is 0 Å². The van der Waals surface area contributed by atoms with Crippen LogP contribution in [0.4, 0.5) is 0 Å². The normalized spacial score (nSPS) is 17.7. The first-order valence-corrected chi connectivity index (χ1v) is 7.16. The predicted molar refractivity (Wildman–Crippen MR) is 73.7 cm³/mol. The molecule has 2 aromatic rings. The summed E-state index contributed by atoms with van der Waals surface area (Å²) >= 11 is 1.63. The van der Waals surface area contributed by atoms with E-state index in [1.807, 2.05) is 0 Å². The van der Waals surface area contributed by atoms with Gasteiger partial charge in [-0.1, -0.05) is 12.1 Å². The molecule has 0 radical (unpaired) electrons. The van der Waals surface area contributed by atoms with Crippen molar-refractivity contribution in [3.05, 3.63) is 29.5 Å². The average molecular weight is 246 g/mol. The molecule has 0 saturated carbocycles. The van der Waals surface area contributed by atoms with E-state index in [1.54, 1.807) is 11.5 Å². The fourth-order valence-electron chi connectivity index (χ4n) is 2.79. The molecule has 0 amide bonds. The van der Waals surface area contributed by atoms with E-state index in [1.165, 1.54) is 53.7 Å². The zero-order chi connectivity index (χ0) is 11.7. The van der Waals surface area contributed by atoms with E-state index in [4.69, 9.17) is 0 Å². The Labute approximate surface area is 106 Å². The summed E-state index contributed by atoms with van der Waals surface area (Å²) < 4.78 is 5.82. The summed E-state index contributed by atoms with van der Waals surface area (Å²) in [5.41, 5.74) is 2.70. The summed E-state index contributed by atoms with van der Waals surface area (Å²) in [5.74, 6) is 0.848. The van der Waals surface area contributed by atoms with Gasteiger partial charge in [-0.25, -0.2) is 0 Å². The molecule has 0 spiro atoms. The van der Waals surface area contributed by atoms with Crippen molar-refractivity contribution in [1.82, 2.24) is 9.69 Å². The fourth-order valence-corrected chi connectivity index (χ4v) is 3.63. The number of hydrogen-bond acceptors (Lipinski definition) is 3. The van der Waals surface area contributed by atoms with Crippen molar-refractivity contribution in [2.75, 3.05) is 13.1 Å². The molecule has 3 heteroatoms. The maximum absolute atomic E-state index is 4.48. The lowest BCUT2D eigenvalue weighted by atomic mass is 9.89. The molecular formula is C14H18N2S. The molecule has 2 nitrogen and oxygen atoms in total. The van der Waals surface area contributed by atoms with Gasteiger partial charge in [0.2, 0.25) is 0 Å². The Balaban J connectivity index is 1.91. The second-order valence-corrected chi connectivity index (χ2v) is 5.76. The van der Waals surface area contributed by atoms with Crippen LogP contribution in [-0.2, 0) is 6.42 Å². The molecule has 1 aliphatic heterocycles. The van der Waals surface area contributed by atoms with E-state index in [0.29, 0.717) is 0 Å². The van der Waals surface area contributed by atoms with Crippen molar-refractivity contribution >= 4 is 21.6 Å². The van der Waals surface area contributed by atoms with Crippen LogP contribution in [0.2, 0.25) is 0 Å². The van der Waals surface area contributed by atoms with Gasteiger partial charge in [0.05, 0.1) is 10.4 Å². The number of fused-ring (bicyclic) bond motifs is 1. The number of benzene rings is 1. The van der Waals surface area contributed by atoms with Gasteiger partial charge in [0.1, 0.15) is 0 Å². The summed E-state index contributed by atoms with van der Waals surface area (Å²) in [6.45, 7) is 4.49. The van der Waals surface area contributed by atoms with Crippen molar-refractivity contribution in [3.63, 3.8) is 0 Å². The summed E-state index contributed by atoms with van der Waals surface area (Å²) in [6, 6.07) is 6.65. The minimum absolute atomic E-state index is 0.848. The van der Waals surface area contributed by atoms with Gasteiger partial charge in [0.25, 0.3) is 0 Å². The lowest BCUT2D eigenvalue weighted by Crippen LogP contribution is -2.28. The highest BCUT2D eigenvalue weighted by molar-refractivity contribution is 7.13. The molecule has 0 bridgehead atoms. The van der Waals surface area contributed by atoms with Gasteiger partial charge in [0.15, 0.2) is 0 Å². The largest absolute Gasteiger partial charge is 0.317 e. The van der Waals surface area contributed by atoms with Gasteiger partial charge in [-0.05, 0) is 68.4 Å². The molecule has 0 aliphatic carbocycles. The predicted octanol–water partition coefficient (Wildman–Crippen LogP) is 3.15. The standard InChI is InChI=1S/C14H18N2S/c1-10-14-12(3-2-4-13(14)17-16-10)9-11-5-7-15-8-6-11/h2-4,11,15H,5-9H2,1H3. The van der Waals surface area contributed by atoms with E-state index in [0.717, 1.165) is 5.92 Å². The molecule has 90 valence electrons. The monoisotopic (exact) mass is 246 g/mol. The summed E-state index contributed by atoms with van der Waals surface area (Å²) in [7, 11) is 0. The quantitative estimate of drug-likeness (QED) is 0.880. The molecule has 1 aromatic carbocycles. The highest BCUT2D eigenvalue weighted by Gasteiger charge is 2.16. The Kier molecular flexibility index (Phi) is 3.12. The number of aromatic nitrogens is 1. The second-order valence-electron chi connectivity index (χ2n) is 4.96. The maximum Gasteiger partial charge on any atom is 0.0592 e. The van der Waals surface area contributed by atoms with Gasteiger partial charge < -0.3 is 5.32 Å². The molecule has 0 unspecified atom stereocenters. The zero-order valence-electron chi connectivity index (χ0n) is 10.2. The smallest absolute Gasteiger partial charge is 0.0592 e. The van der Waals surface area contributed by atoms with Crippen molar-refractivity contribution in [1.29, 1.82) is 0 Å². The van der Waals surface area contributed by atoms with E-state index < -0.39 is 0 Å². The Bertz CT molecular complexity index is 512. The lowest BCUT2D eigenvalue weighted by molar-refractivity contribution is 0.373. The third-order valence-corrected chi connectivity index (χ3v) is 4.62. The van der Waals surface area contributed by atoms with Crippen molar-refractivity contribution in [3.8, 4) is 0 Å². The maximum atomic E-state index is 4.48. The Hall–Kier alpha value is -0.930. The van der Waals surface area contributed by atoms with Crippen LogP contribution in [0.25, 0.3) is 10.1 Å². The molecular weight excluding hydrogens is 228 g/mol. The molecule has 2 heterocycles. The molecule has 1 saturated heterocycles. The van der Waals surface area contributed by atoms with Crippen molar-refractivity contribution in [2.45, 2.75) is 26.2 Å². The molecule has 3 rings (SSSR count). The second kappa shape index (κ2) is 4.75. The SMILES string of the molecule is Cc1nsc2cccc(CC3CCNCC3)c12. The van der Waals surface area contributed by atoms with Crippen LogP contribution in [0, 0.1) is 12.8 Å². The van der Waals surface area contributed by atoms with E-state index >= 15 is 0 Å². The molecule has 1 aliphatic rings.